The first-order valence-corrected chi connectivity index (χ1v) is 6.46. The largest absolute Gasteiger partial charge is 0.494 e. The van der Waals surface area contributed by atoms with Gasteiger partial charge in [-0.1, -0.05) is 0 Å². The molecule has 1 aliphatic heterocycles. The summed E-state index contributed by atoms with van der Waals surface area (Å²) in [6.07, 6.45) is 0.832. The van der Waals surface area contributed by atoms with Gasteiger partial charge in [-0.3, -0.25) is 9.59 Å². The molecule has 2 rings (SSSR count). The number of carbonyl (C=O) groups excluding carboxylic acids is 2. The Bertz CT molecular complexity index is 437. The van der Waals surface area contributed by atoms with Gasteiger partial charge in [0.05, 0.1) is 6.61 Å². The van der Waals surface area contributed by atoms with Gasteiger partial charge in [0.25, 0.3) is 5.91 Å². The Morgan fingerprint density at radius 1 is 1.21 bits per heavy atom. The molecule has 0 unspecified atom stereocenters. The average molecular weight is 262 g/mol. The molecule has 1 heterocycles. The molecule has 0 N–H and O–H groups in total. The van der Waals surface area contributed by atoms with E-state index in [1.54, 1.807) is 34.1 Å². The van der Waals surface area contributed by atoms with E-state index in [0.29, 0.717) is 38.3 Å². The lowest BCUT2D eigenvalue weighted by atomic mass is 10.1. The highest BCUT2D eigenvalue weighted by Crippen LogP contribution is 2.14. The monoisotopic (exact) mass is 262 g/mol. The van der Waals surface area contributed by atoms with E-state index in [2.05, 4.69) is 0 Å². The summed E-state index contributed by atoms with van der Waals surface area (Å²) in [7, 11) is 0. The van der Waals surface area contributed by atoms with E-state index in [9.17, 15) is 9.59 Å². The number of piperazine rings is 1. The highest BCUT2D eigenvalue weighted by atomic mass is 16.5. The van der Waals surface area contributed by atoms with Crippen molar-refractivity contribution in [3.05, 3.63) is 29.8 Å². The van der Waals surface area contributed by atoms with Crippen molar-refractivity contribution in [3.63, 3.8) is 0 Å². The van der Waals surface area contributed by atoms with Crippen molar-refractivity contribution < 1.29 is 14.3 Å². The number of ether oxygens (including phenoxy) is 1. The smallest absolute Gasteiger partial charge is 0.253 e. The van der Waals surface area contributed by atoms with Crippen LogP contribution in [-0.2, 0) is 4.79 Å². The first-order valence-electron chi connectivity index (χ1n) is 6.46. The number of benzene rings is 1. The SMILES string of the molecule is CCOc1ccc(C(=O)N2CCN(C=O)CC2)cc1. The van der Waals surface area contributed by atoms with Gasteiger partial charge < -0.3 is 14.5 Å². The third-order valence-corrected chi connectivity index (χ3v) is 3.16. The fourth-order valence-electron chi connectivity index (χ4n) is 2.07. The predicted molar refractivity (Wildman–Crippen MR) is 71.2 cm³/mol. The summed E-state index contributed by atoms with van der Waals surface area (Å²) in [6.45, 7) is 4.92. The van der Waals surface area contributed by atoms with Gasteiger partial charge >= 0.3 is 0 Å². The molecule has 0 aromatic heterocycles. The van der Waals surface area contributed by atoms with Gasteiger partial charge in [0.1, 0.15) is 5.75 Å². The molecule has 0 spiro atoms. The van der Waals surface area contributed by atoms with Crippen molar-refractivity contribution in [2.45, 2.75) is 6.92 Å². The standard InChI is InChI=1S/C14H18N2O3/c1-2-19-13-5-3-12(4-6-13)14(18)16-9-7-15(11-17)8-10-16/h3-6,11H,2,7-10H2,1H3. The fourth-order valence-corrected chi connectivity index (χ4v) is 2.07. The summed E-state index contributed by atoms with van der Waals surface area (Å²) in [4.78, 5) is 26.3. The Morgan fingerprint density at radius 2 is 1.84 bits per heavy atom. The lowest BCUT2D eigenvalue weighted by Gasteiger charge is -2.32. The molecule has 1 fully saturated rings. The molecule has 0 atom stereocenters. The van der Waals surface area contributed by atoms with Crippen LogP contribution in [0.2, 0.25) is 0 Å². The molecule has 5 nitrogen and oxygen atoms in total. The van der Waals surface area contributed by atoms with Crippen LogP contribution in [-0.4, -0.2) is 54.9 Å². The van der Waals surface area contributed by atoms with Crippen molar-refractivity contribution in [3.8, 4) is 5.75 Å². The molecular weight excluding hydrogens is 244 g/mol. The van der Waals surface area contributed by atoms with Crippen LogP contribution in [0.25, 0.3) is 0 Å². The normalized spacial score (nSPS) is 15.2. The van der Waals surface area contributed by atoms with Crippen molar-refractivity contribution in [2.75, 3.05) is 32.8 Å². The minimum absolute atomic E-state index is 0.00796. The molecule has 1 aromatic carbocycles. The van der Waals surface area contributed by atoms with Crippen LogP contribution in [0.4, 0.5) is 0 Å². The zero-order valence-corrected chi connectivity index (χ0v) is 11.0. The Labute approximate surface area is 112 Å². The maximum absolute atomic E-state index is 12.2. The highest BCUT2D eigenvalue weighted by Gasteiger charge is 2.21. The number of hydrogen-bond acceptors (Lipinski definition) is 3. The quantitative estimate of drug-likeness (QED) is 0.761. The molecule has 1 aromatic rings. The van der Waals surface area contributed by atoms with Crippen LogP contribution in [0.1, 0.15) is 17.3 Å². The number of nitrogens with zero attached hydrogens (tertiary/aromatic N) is 2. The summed E-state index contributed by atoms with van der Waals surface area (Å²) in [5.41, 5.74) is 0.656. The summed E-state index contributed by atoms with van der Waals surface area (Å²) in [5, 5.41) is 0. The van der Waals surface area contributed by atoms with Gasteiger partial charge in [0, 0.05) is 31.7 Å². The minimum atomic E-state index is 0.00796. The van der Waals surface area contributed by atoms with Crippen molar-refractivity contribution >= 4 is 12.3 Å². The second kappa shape index (κ2) is 6.22. The van der Waals surface area contributed by atoms with E-state index >= 15 is 0 Å². The number of amides is 2. The summed E-state index contributed by atoms with van der Waals surface area (Å²) in [6, 6.07) is 7.16. The van der Waals surface area contributed by atoms with Crippen molar-refractivity contribution in [1.29, 1.82) is 0 Å². The molecule has 2 amide bonds. The Balaban J connectivity index is 1.97. The molecule has 0 bridgehead atoms. The van der Waals surface area contributed by atoms with Crippen molar-refractivity contribution in [1.82, 2.24) is 9.80 Å². The van der Waals surface area contributed by atoms with E-state index in [4.69, 9.17) is 4.74 Å². The highest BCUT2D eigenvalue weighted by molar-refractivity contribution is 5.94. The third kappa shape index (κ3) is 3.24. The van der Waals surface area contributed by atoms with E-state index in [1.165, 1.54) is 0 Å². The van der Waals surface area contributed by atoms with Crippen LogP contribution in [0.15, 0.2) is 24.3 Å². The zero-order valence-electron chi connectivity index (χ0n) is 11.0. The molecule has 1 saturated heterocycles. The maximum Gasteiger partial charge on any atom is 0.253 e. The van der Waals surface area contributed by atoms with Gasteiger partial charge in [0.15, 0.2) is 0 Å². The van der Waals surface area contributed by atoms with Gasteiger partial charge in [0.2, 0.25) is 6.41 Å². The summed E-state index contributed by atoms with van der Waals surface area (Å²) >= 11 is 0. The first kappa shape index (κ1) is 13.4. The molecule has 5 heteroatoms. The molecule has 1 aliphatic rings. The second-order valence-corrected chi connectivity index (χ2v) is 4.39. The summed E-state index contributed by atoms with van der Waals surface area (Å²) < 4.78 is 5.34. The number of rotatable bonds is 4. The van der Waals surface area contributed by atoms with Gasteiger partial charge in [-0.05, 0) is 31.2 Å². The Kier molecular flexibility index (Phi) is 4.39. The minimum Gasteiger partial charge on any atom is -0.494 e. The molecular formula is C14H18N2O3. The molecule has 19 heavy (non-hydrogen) atoms. The second-order valence-electron chi connectivity index (χ2n) is 4.39. The molecule has 0 saturated carbocycles. The Hall–Kier alpha value is -2.04. The fraction of sp³-hybridized carbons (Fsp3) is 0.429. The first-order chi connectivity index (χ1) is 9.24. The van der Waals surface area contributed by atoms with Crippen LogP contribution in [0.5, 0.6) is 5.75 Å². The van der Waals surface area contributed by atoms with Crippen molar-refractivity contribution in [2.24, 2.45) is 0 Å². The number of hydrogen-bond donors (Lipinski definition) is 0. The van der Waals surface area contributed by atoms with E-state index in [0.717, 1.165) is 12.2 Å². The van der Waals surface area contributed by atoms with Gasteiger partial charge in [-0.25, -0.2) is 0 Å². The molecule has 0 aliphatic carbocycles. The average Bonchev–Trinajstić information content (AvgIpc) is 2.48. The van der Waals surface area contributed by atoms with E-state index in [1.807, 2.05) is 6.92 Å². The van der Waals surface area contributed by atoms with Crippen LogP contribution in [0, 0.1) is 0 Å². The van der Waals surface area contributed by atoms with Gasteiger partial charge in [-0.15, -0.1) is 0 Å². The summed E-state index contributed by atoms with van der Waals surface area (Å²) in [5.74, 6) is 0.776. The third-order valence-electron chi connectivity index (χ3n) is 3.16. The molecule has 102 valence electrons. The Morgan fingerprint density at radius 3 is 2.37 bits per heavy atom. The topological polar surface area (TPSA) is 49.9 Å². The van der Waals surface area contributed by atoms with Gasteiger partial charge in [-0.2, -0.15) is 0 Å². The predicted octanol–water partition coefficient (Wildman–Crippen LogP) is 0.999. The number of carbonyl (C=O) groups is 2. The maximum atomic E-state index is 12.2. The molecule has 0 radical (unpaired) electrons. The van der Waals surface area contributed by atoms with Crippen LogP contribution >= 0.6 is 0 Å². The van der Waals surface area contributed by atoms with Crippen LogP contribution in [0.3, 0.4) is 0 Å². The van der Waals surface area contributed by atoms with Crippen LogP contribution < -0.4 is 4.74 Å². The van der Waals surface area contributed by atoms with E-state index < -0.39 is 0 Å². The zero-order chi connectivity index (χ0) is 13.7. The lowest BCUT2D eigenvalue weighted by molar-refractivity contribution is -0.119. The lowest BCUT2D eigenvalue weighted by Crippen LogP contribution is -2.48. The van der Waals surface area contributed by atoms with E-state index in [-0.39, 0.29) is 5.91 Å².